The number of halogens is 12. The Morgan fingerprint density at radius 1 is 0.321 bits per heavy atom. The van der Waals surface area contributed by atoms with Crippen molar-refractivity contribution in [1.29, 1.82) is 0 Å². The quantitative estimate of drug-likeness (QED) is 0.0598. The van der Waals surface area contributed by atoms with E-state index < -0.39 is 55.7 Å². The molecule has 0 bridgehead atoms. The van der Waals surface area contributed by atoms with Crippen LogP contribution in [-0.2, 0) is 18.9 Å². The number of hydrogen-bond acceptors (Lipinski definition) is 8. The first-order valence-corrected chi connectivity index (χ1v) is 27.0. The van der Waals surface area contributed by atoms with Crippen molar-refractivity contribution >= 4 is 295 Å². The van der Waals surface area contributed by atoms with Gasteiger partial charge < -0.3 is 18.9 Å². The SMILES string of the molecule is O=C(OCC(COC(=O)c1cc(I)c(I)cc1I)(COC(=O)c1cc(I)c(I)cc1I)COC(=O)c1cc(I)c(I)cc1I)c1cc(I)c(I)cc1I. The lowest BCUT2D eigenvalue weighted by Gasteiger charge is -2.32. The first kappa shape index (κ1) is 49.2. The smallest absolute Gasteiger partial charge is 0.339 e. The van der Waals surface area contributed by atoms with E-state index >= 15 is 0 Å². The topological polar surface area (TPSA) is 105 Å². The zero-order chi connectivity index (χ0) is 39.4. The number of benzene rings is 4. The Labute approximate surface area is 468 Å². The molecule has 0 radical (unpaired) electrons. The molecule has 0 N–H and O–H groups in total. The van der Waals surface area contributed by atoms with Crippen LogP contribution >= 0.6 is 271 Å². The Hall–Kier alpha value is 3.52. The van der Waals surface area contributed by atoms with Gasteiger partial charge in [-0.1, -0.05) is 0 Å². The Bertz CT molecular complexity index is 1830. The summed E-state index contributed by atoms with van der Waals surface area (Å²) in [4.78, 5) is 54.5. The Morgan fingerprint density at radius 3 is 0.679 bits per heavy atom. The highest BCUT2D eigenvalue weighted by molar-refractivity contribution is 14.1. The molecule has 0 saturated heterocycles. The third-order valence-electron chi connectivity index (χ3n) is 6.96. The highest BCUT2D eigenvalue weighted by atomic mass is 127. The maximum Gasteiger partial charge on any atom is 0.339 e. The molecule has 0 unspecified atom stereocenters. The summed E-state index contributed by atoms with van der Waals surface area (Å²) in [5.41, 5.74) is -0.161. The predicted octanol–water partition coefficient (Wildman–Crippen LogP) is 12.7. The maximum absolute atomic E-state index is 13.6. The van der Waals surface area contributed by atoms with Crippen LogP contribution in [0.15, 0.2) is 48.5 Å². The van der Waals surface area contributed by atoms with Gasteiger partial charge in [-0.05, 0) is 320 Å². The molecule has 0 amide bonds. The lowest BCUT2D eigenvalue weighted by Crippen LogP contribution is -2.44. The molecule has 53 heavy (non-hydrogen) atoms. The molecule has 4 aromatic carbocycles. The molecule has 280 valence electrons. The fourth-order valence-corrected chi connectivity index (χ4v) is 13.0. The lowest BCUT2D eigenvalue weighted by molar-refractivity contribution is -0.0642. The van der Waals surface area contributed by atoms with Crippen molar-refractivity contribution in [1.82, 2.24) is 0 Å². The normalized spacial score (nSPS) is 11.2. The van der Waals surface area contributed by atoms with Crippen LogP contribution in [0.25, 0.3) is 0 Å². The third kappa shape index (κ3) is 13.8. The van der Waals surface area contributed by atoms with E-state index in [1.807, 2.05) is 24.3 Å². The number of esters is 4. The molecule has 0 aromatic heterocycles. The highest BCUT2D eigenvalue weighted by Gasteiger charge is 2.39. The monoisotopic (exact) mass is 2060 g/mol. The van der Waals surface area contributed by atoms with Crippen molar-refractivity contribution in [2.24, 2.45) is 5.41 Å². The molecule has 0 aliphatic rings. The average molecular weight is 2060 g/mol. The maximum atomic E-state index is 13.6. The van der Waals surface area contributed by atoms with Crippen molar-refractivity contribution in [2.75, 3.05) is 26.4 Å². The molecule has 0 aliphatic heterocycles. The molecule has 0 aliphatic carbocycles. The van der Waals surface area contributed by atoms with Crippen LogP contribution in [0.2, 0.25) is 0 Å². The van der Waals surface area contributed by atoms with Crippen LogP contribution in [-0.4, -0.2) is 50.3 Å². The van der Waals surface area contributed by atoms with Gasteiger partial charge in [-0.25, -0.2) is 19.2 Å². The molecular formula is C33H16I12O8. The number of hydrogen-bond donors (Lipinski definition) is 0. The van der Waals surface area contributed by atoms with Crippen LogP contribution in [0.3, 0.4) is 0 Å². The van der Waals surface area contributed by atoms with Gasteiger partial charge in [0.05, 0.1) is 22.3 Å². The van der Waals surface area contributed by atoms with Gasteiger partial charge in [0.2, 0.25) is 0 Å². The van der Waals surface area contributed by atoms with Gasteiger partial charge in [0.1, 0.15) is 31.8 Å². The number of carbonyl (C=O) groups excluding carboxylic acids is 4. The summed E-state index contributed by atoms with van der Waals surface area (Å²) in [7, 11) is 0. The molecule has 0 spiro atoms. The van der Waals surface area contributed by atoms with Crippen LogP contribution in [0.4, 0.5) is 0 Å². The van der Waals surface area contributed by atoms with Crippen LogP contribution < -0.4 is 0 Å². The molecule has 8 nitrogen and oxygen atoms in total. The van der Waals surface area contributed by atoms with Gasteiger partial charge in [-0.15, -0.1) is 0 Å². The zero-order valence-corrected chi connectivity index (χ0v) is 51.6. The van der Waals surface area contributed by atoms with E-state index in [0.717, 1.165) is 28.6 Å². The van der Waals surface area contributed by atoms with Crippen LogP contribution in [0.1, 0.15) is 41.4 Å². The van der Waals surface area contributed by atoms with Gasteiger partial charge in [-0.2, -0.15) is 0 Å². The summed E-state index contributed by atoms with van der Waals surface area (Å²) in [6, 6.07) is 14.4. The lowest BCUT2D eigenvalue weighted by atomic mass is 9.92. The minimum Gasteiger partial charge on any atom is -0.461 e. The second-order valence-electron chi connectivity index (χ2n) is 10.8. The van der Waals surface area contributed by atoms with Crippen LogP contribution in [0.5, 0.6) is 0 Å². The minimum atomic E-state index is -1.51. The van der Waals surface area contributed by atoms with Crippen LogP contribution in [0, 0.1) is 48.3 Å². The predicted molar refractivity (Wildman–Crippen MR) is 302 cm³/mol. The van der Waals surface area contributed by atoms with Crippen molar-refractivity contribution in [3.63, 3.8) is 0 Å². The van der Waals surface area contributed by atoms with Gasteiger partial charge in [0.25, 0.3) is 0 Å². The van der Waals surface area contributed by atoms with Crippen molar-refractivity contribution < 1.29 is 38.1 Å². The van der Waals surface area contributed by atoms with E-state index in [9.17, 15) is 19.2 Å². The van der Waals surface area contributed by atoms with Gasteiger partial charge in [0.15, 0.2) is 0 Å². The van der Waals surface area contributed by atoms with E-state index in [2.05, 4.69) is 271 Å². The third-order valence-corrected chi connectivity index (χ3v) is 21.8. The number of rotatable bonds is 12. The number of carbonyl (C=O) groups is 4. The minimum absolute atomic E-state index is 0.337. The Morgan fingerprint density at radius 2 is 0.491 bits per heavy atom. The first-order chi connectivity index (χ1) is 24.8. The molecule has 0 saturated carbocycles. The molecule has 20 heteroatoms. The number of ether oxygens (including phenoxy) is 4. The van der Waals surface area contributed by atoms with E-state index in [4.69, 9.17) is 18.9 Å². The first-order valence-electron chi connectivity index (χ1n) is 14.1. The zero-order valence-electron chi connectivity index (χ0n) is 25.7. The molecule has 0 heterocycles. The van der Waals surface area contributed by atoms with Crippen molar-refractivity contribution in [3.8, 4) is 0 Å². The summed E-state index contributed by atoms with van der Waals surface area (Å²) < 4.78 is 33.8. The van der Waals surface area contributed by atoms with Crippen molar-refractivity contribution in [2.45, 2.75) is 0 Å². The summed E-state index contributed by atoms with van der Waals surface area (Å²) >= 11 is 25.7. The van der Waals surface area contributed by atoms with Gasteiger partial charge in [-0.3, -0.25) is 0 Å². The Kier molecular flexibility index (Phi) is 20.9. The molecule has 0 fully saturated rings. The molecular weight excluding hydrogens is 2050 g/mol. The van der Waals surface area contributed by atoms with E-state index in [0.29, 0.717) is 36.5 Å². The molecule has 0 atom stereocenters. The van der Waals surface area contributed by atoms with Gasteiger partial charge >= 0.3 is 23.9 Å². The van der Waals surface area contributed by atoms with E-state index in [1.165, 1.54) is 0 Å². The summed E-state index contributed by atoms with van der Waals surface area (Å²) in [5, 5.41) is 0. The average Bonchev–Trinajstić information content (AvgIpc) is 3.09. The summed E-state index contributed by atoms with van der Waals surface area (Å²) in [6.07, 6.45) is 0. The second kappa shape index (κ2) is 22.6. The summed E-state index contributed by atoms with van der Waals surface area (Å²) in [5.74, 6) is -2.55. The van der Waals surface area contributed by atoms with E-state index in [-0.39, 0.29) is 0 Å². The van der Waals surface area contributed by atoms with E-state index in [1.54, 1.807) is 24.3 Å². The van der Waals surface area contributed by atoms with Gasteiger partial charge in [0, 0.05) is 42.8 Å². The van der Waals surface area contributed by atoms with Crippen molar-refractivity contribution in [3.05, 3.63) is 114 Å². The standard InChI is InChI=1S/C33H16I12O8/c34-17-5-25(42)21(38)1-13(17)29(46)50-9-33(10-51-30(47)14-2-22(39)26(43)6-18(14)35,11-52-31(48)15-3-23(40)27(44)7-19(15)36)12-53-32(49)16-4-24(41)28(45)8-20(16)37/h1-8H,9-12H2. The molecule has 4 aromatic rings. The second-order valence-corrected chi connectivity index (χ2v) is 24.7. The largest absolute Gasteiger partial charge is 0.461 e. The Balaban J connectivity index is 1.74. The highest BCUT2D eigenvalue weighted by Crippen LogP contribution is 2.30. The molecule has 4 rings (SSSR count). The fourth-order valence-electron chi connectivity index (χ4n) is 4.15. The summed E-state index contributed by atoms with van der Waals surface area (Å²) in [6.45, 7) is -1.66. The fraction of sp³-hybridized carbons (Fsp3) is 0.152.